The molecule has 1 saturated heterocycles. The van der Waals surface area contributed by atoms with Crippen molar-refractivity contribution in [3.05, 3.63) is 0 Å². The fourth-order valence-electron chi connectivity index (χ4n) is 1.91. The standard InChI is InChI=1S/C12H23N3O3/c1-4-15(5-2)12(17)9(3)14-11(16)10-8-13-6-7-18-10/h9-10,13H,4-8H2,1-3H3,(H,14,16). The number of likely N-dealkylation sites (N-methyl/N-ethyl adjacent to an activating group) is 1. The Morgan fingerprint density at radius 1 is 1.44 bits per heavy atom. The van der Waals surface area contributed by atoms with Crippen molar-refractivity contribution in [2.45, 2.75) is 32.9 Å². The summed E-state index contributed by atoms with van der Waals surface area (Å²) < 4.78 is 5.33. The van der Waals surface area contributed by atoms with Gasteiger partial charge in [0.15, 0.2) is 0 Å². The van der Waals surface area contributed by atoms with Gasteiger partial charge in [-0.3, -0.25) is 9.59 Å². The van der Waals surface area contributed by atoms with Gasteiger partial charge in [-0.2, -0.15) is 0 Å². The number of nitrogens with zero attached hydrogens (tertiary/aromatic N) is 1. The van der Waals surface area contributed by atoms with Crippen molar-refractivity contribution in [3.8, 4) is 0 Å². The van der Waals surface area contributed by atoms with Crippen LogP contribution >= 0.6 is 0 Å². The lowest BCUT2D eigenvalue weighted by molar-refractivity contribution is -0.140. The van der Waals surface area contributed by atoms with Crippen molar-refractivity contribution in [2.75, 3.05) is 32.8 Å². The molecule has 18 heavy (non-hydrogen) atoms. The molecule has 0 aliphatic carbocycles. The van der Waals surface area contributed by atoms with Gasteiger partial charge in [-0.1, -0.05) is 0 Å². The summed E-state index contributed by atoms with van der Waals surface area (Å²) in [6.45, 7) is 8.63. The van der Waals surface area contributed by atoms with Gasteiger partial charge in [0, 0.05) is 26.2 Å². The van der Waals surface area contributed by atoms with Crippen LogP contribution in [-0.4, -0.2) is 61.6 Å². The van der Waals surface area contributed by atoms with Gasteiger partial charge in [0.25, 0.3) is 5.91 Å². The van der Waals surface area contributed by atoms with Crippen LogP contribution in [0.2, 0.25) is 0 Å². The molecular formula is C12H23N3O3. The zero-order valence-electron chi connectivity index (χ0n) is 11.4. The number of hydrogen-bond acceptors (Lipinski definition) is 4. The highest BCUT2D eigenvalue weighted by Crippen LogP contribution is 1.99. The molecule has 0 bridgehead atoms. The fraction of sp³-hybridized carbons (Fsp3) is 0.833. The Labute approximate surface area is 108 Å². The monoisotopic (exact) mass is 257 g/mol. The second-order valence-electron chi connectivity index (χ2n) is 4.30. The van der Waals surface area contributed by atoms with Crippen LogP contribution in [0.5, 0.6) is 0 Å². The molecule has 6 nitrogen and oxygen atoms in total. The maximum atomic E-state index is 12.0. The van der Waals surface area contributed by atoms with E-state index in [1.165, 1.54) is 0 Å². The maximum absolute atomic E-state index is 12.0. The van der Waals surface area contributed by atoms with Gasteiger partial charge in [0.1, 0.15) is 12.1 Å². The number of hydrogen-bond donors (Lipinski definition) is 2. The first-order chi connectivity index (χ1) is 8.60. The van der Waals surface area contributed by atoms with Crippen molar-refractivity contribution in [1.82, 2.24) is 15.5 Å². The van der Waals surface area contributed by atoms with Crippen LogP contribution in [0.25, 0.3) is 0 Å². The summed E-state index contributed by atoms with van der Waals surface area (Å²) in [5.74, 6) is -0.285. The highest BCUT2D eigenvalue weighted by Gasteiger charge is 2.26. The van der Waals surface area contributed by atoms with Crippen molar-refractivity contribution in [1.29, 1.82) is 0 Å². The average molecular weight is 257 g/mol. The van der Waals surface area contributed by atoms with Crippen molar-refractivity contribution < 1.29 is 14.3 Å². The third-order valence-electron chi connectivity index (χ3n) is 3.02. The second kappa shape index (κ2) is 7.33. The zero-order chi connectivity index (χ0) is 13.5. The molecule has 0 radical (unpaired) electrons. The van der Waals surface area contributed by atoms with Gasteiger partial charge >= 0.3 is 0 Å². The van der Waals surface area contributed by atoms with E-state index in [0.29, 0.717) is 26.2 Å². The molecule has 1 rings (SSSR count). The summed E-state index contributed by atoms with van der Waals surface area (Å²) in [4.78, 5) is 25.5. The molecule has 0 aromatic rings. The predicted molar refractivity (Wildman–Crippen MR) is 68.1 cm³/mol. The topological polar surface area (TPSA) is 70.7 Å². The first kappa shape index (κ1) is 14.9. The minimum Gasteiger partial charge on any atom is -0.366 e. The molecule has 0 saturated carbocycles. The van der Waals surface area contributed by atoms with Gasteiger partial charge in [-0.25, -0.2) is 0 Å². The Hall–Kier alpha value is -1.14. The second-order valence-corrected chi connectivity index (χ2v) is 4.30. The van der Waals surface area contributed by atoms with E-state index >= 15 is 0 Å². The van der Waals surface area contributed by atoms with Gasteiger partial charge in [0.2, 0.25) is 5.91 Å². The molecule has 0 aromatic heterocycles. The minimum atomic E-state index is -0.511. The van der Waals surface area contributed by atoms with Crippen molar-refractivity contribution in [3.63, 3.8) is 0 Å². The maximum Gasteiger partial charge on any atom is 0.251 e. The number of amides is 2. The SMILES string of the molecule is CCN(CC)C(=O)C(C)NC(=O)C1CNCCO1. The van der Waals surface area contributed by atoms with E-state index in [2.05, 4.69) is 10.6 Å². The van der Waals surface area contributed by atoms with Crippen LogP contribution < -0.4 is 10.6 Å². The van der Waals surface area contributed by atoms with Gasteiger partial charge < -0.3 is 20.3 Å². The highest BCUT2D eigenvalue weighted by molar-refractivity contribution is 5.89. The molecule has 0 aromatic carbocycles. The van der Waals surface area contributed by atoms with E-state index in [4.69, 9.17) is 4.74 Å². The molecule has 1 aliphatic heterocycles. The molecule has 1 aliphatic rings. The van der Waals surface area contributed by atoms with Gasteiger partial charge in [-0.05, 0) is 20.8 Å². The van der Waals surface area contributed by atoms with Crippen LogP contribution in [0.15, 0.2) is 0 Å². The number of nitrogens with one attached hydrogen (secondary N) is 2. The van der Waals surface area contributed by atoms with Crippen LogP contribution in [-0.2, 0) is 14.3 Å². The molecule has 1 heterocycles. The van der Waals surface area contributed by atoms with E-state index in [9.17, 15) is 9.59 Å². The molecule has 2 amide bonds. The van der Waals surface area contributed by atoms with Gasteiger partial charge in [-0.15, -0.1) is 0 Å². The lowest BCUT2D eigenvalue weighted by Crippen LogP contribution is -2.53. The molecule has 0 spiro atoms. The highest BCUT2D eigenvalue weighted by atomic mass is 16.5. The Balaban J connectivity index is 2.45. The fourth-order valence-corrected chi connectivity index (χ4v) is 1.91. The first-order valence-corrected chi connectivity index (χ1v) is 6.51. The van der Waals surface area contributed by atoms with Crippen LogP contribution in [0.3, 0.4) is 0 Å². The summed E-state index contributed by atoms with van der Waals surface area (Å²) in [6.07, 6.45) is -0.495. The molecule has 2 atom stereocenters. The number of rotatable bonds is 5. The van der Waals surface area contributed by atoms with E-state index in [1.807, 2.05) is 13.8 Å². The lowest BCUT2D eigenvalue weighted by atomic mass is 10.2. The first-order valence-electron chi connectivity index (χ1n) is 6.51. The molecule has 2 N–H and O–H groups in total. The van der Waals surface area contributed by atoms with E-state index in [0.717, 1.165) is 6.54 Å². The Bertz CT molecular complexity index is 286. The largest absolute Gasteiger partial charge is 0.366 e. The third-order valence-corrected chi connectivity index (χ3v) is 3.02. The summed E-state index contributed by atoms with van der Waals surface area (Å²) >= 11 is 0. The lowest BCUT2D eigenvalue weighted by Gasteiger charge is -2.27. The summed E-state index contributed by atoms with van der Waals surface area (Å²) in [6, 6.07) is -0.511. The summed E-state index contributed by atoms with van der Waals surface area (Å²) in [5.41, 5.74) is 0. The number of carbonyl (C=O) groups excluding carboxylic acids is 2. The number of morpholine rings is 1. The summed E-state index contributed by atoms with van der Waals surface area (Å²) in [7, 11) is 0. The Kier molecular flexibility index (Phi) is 6.07. The average Bonchev–Trinajstić information content (AvgIpc) is 2.40. The van der Waals surface area contributed by atoms with Gasteiger partial charge in [0.05, 0.1) is 6.61 Å². The minimum absolute atomic E-state index is 0.0582. The Morgan fingerprint density at radius 2 is 2.11 bits per heavy atom. The van der Waals surface area contributed by atoms with Crippen LogP contribution in [0.1, 0.15) is 20.8 Å². The summed E-state index contributed by atoms with van der Waals surface area (Å²) in [5, 5.41) is 5.79. The van der Waals surface area contributed by atoms with E-state index in [-0.39, 0.29) is 11.8 Å². The third kappa shape index (κ3) is 3.96. The predicted octanol–water partition coefficient (Wildman–Crippen LogP) is -0.652. The smallest absolute Gasteiger partial charge is 0.251 e. The van der Waals surface area contributed by atoms with E-state index in [1.54, 1.807) is 11.8 Å². The van der Waals surface area contributed by atoms with Crippen LogP contribution in [0.4, 0.5) is 0 Å². The Morgan fingerprint density at radius 3 is 2.61 bits per heavy atom. The number of ether oxygens (including phenoxy) is 1. The van der Waals surface area contributed by atoms with E-state index < -0.39 is 12.1 Å². The zero-order valence-corrected chi connectivity index (χ0v) is 11.4. The molecular weight excluding hydrogens is 234 g/mol. The normalized spacial score (nSPS) is 21.2. The molecule has 1 fully saturated rings. The van der Waals surface area contributed by atoms with Crippen molar-refractivity contribution in [2.24, 2.45) is 0 Å². The number of carbonyl (C=O) groups is 2. The molecule has 2 unspecified atom stereocenters. The molecule has 6 heteroatoms. The quantitative estimate of drug-likeness (QED) is 0.686. The molecule has 104 valence electrons. The van der Waals surface area contributed by atoms with Crippen LogP contribution in [0, 0.1) is 0 Å². The van der Waals surface area contributed by atoms with Crippen molar-refractivity contribution >= 4 is 11.8 Å².